The maximum Gasteiger partial charge on any atom is 0.268 e. The third-order valence-electron chi connectivity index (χ3n) is 4.98. The molecule has 0 saturated heterocycles. The minimum atomic E-state index is -3.51. The van der Waals surface area contributed by atoms with Crippen molar-refractivity contribution in [1.82, 2.24) is 4.31 Å². The summed E-state index contributed by atoms with van der Waals surface area (Å²) in [6.45, 7) is 2.40. The highest BCUT2D eigenvalue weighted by Gasteiger charge is 2.32. The molecule has 1 unspecified atom stereocenters. The summed E-state index contributed by atoms with van der Waals surface area (Å²) in [5.74, 6) is 1.18. The number of ether oxygens (including phenoxy) is 2. The van der Waals surface area contributed by atoms with Crippen LogP contribution in [0, 0.1) is 0 Å². The fourth-order valence-corrected chi connectivity index (χ4v) is 4.23. The van der Waals surface area contributed by atoms with E-state index in [0.29, 0.717) is 30.9 Å². The van der Waals surface area contributed by atoms with Gasteiger partial charge >= 0.3 is 0 Å². The molecular formula is C21H26N2O5S. The molecule has 0 bridgehead atoms. The Morgan fingerprint density at radius 1 is 1.14 bits per heavy atom. The minimum absolute atomic E-state index is 0.134. The van der Waals surface area contributed by atoms with Crippen molar-refractivity contribution < 1.29 is 22.7 Å². The predicted octanol–water partition coefficient (Wildman–Crippen LogP) is 2.69. The first-order chi connectivity index (χ1) is 13.8. The van der Waals surface area contributed by atoms with Crippen LogP contribution in [0.4, 0.5) is 5.69 Å². The van der Waals surface area contributed by atoms with Crippen LogP contribution < -0.4 is 14.4 Å². The van der Waals surface area contributed by atoms with Gasteiger partial charge in [0, 0.05) is 26.3 Å². The number of rotatable bonds is 7. The van der Waals surface area contributed by atoms with Gasteiger partial charge in [-0.15, -0.1) is 0 Å². The number of benzene rings is 2. The maximum atomic E-state index is 13.1. The van der Waals surface area contributed by atoms with Crippen molar-refractivity contribution >= 4 is 21.6 Å². The zero-order valence-electron chi connectivity index (χ0n) is 17.1. The molecule has 2 aromatic rings. The van der Waals surface area contributed by atoms with Crippen LogP contribution in [-0.2, 0) is 21.2 Å². The zero-order valence-corrected chi connectivity index (χ0v) is 17.9. The standard InChI is InChI=1S/C21H26N2O5S/c1-5-20(28-17-8-6-16(27-4)7-9-17)21(24)23-13-12-15-14-18(10-11-19(15)23)29(25,26)22(2)3/h6-11,14,20H,5,12-13H2,1-4H3. The molecule has 3 rings (SSSR count). The lowest BCUT2D eigenvalue weighted by molar-refractivity contribution is -0.125. The van der Waals surface area contributed by atoms with Gasteiger partial charge in [0.05, 0.1) is 12.0 Å². The van der Waals surface area contributed by atoms with Crippen molar-refractivity contribution in [2.75, 3.05) is 32.6 Å². The predicted molar refractivity (Wildman–Crippen MR) is 111 cm³/mol. The number of sulfonamides is 1. The molecule has 1 aliphatic rings. The Bertz CT molecular complexity index is 987. The summed E-state index contributed by atoms with van der Waals surface area (Å²) in [5.41, 5.74) is 1.59. The van der Waals surface area contributed by atoms with E-state index < -0.39 is 16.1 Å². The molecule has 1 aliphatic heterocycles. The quantitative estimate of drug-likeness (QED) is 0.691. The molecule has 8 heteroatoms. The molecule has 29 heavy (non-hydrogen) atoms. The Morgan fingerprint density at radius 2 is 1.79 bits per heavy atom. The molecule has 1 amide bonds. The van der Waals surface area contributed by atoms with Crippen LogP contribution in [-0.4, -0.2) is 52.5 Å². The van der Waals surface area contributed by atoms with E-state index in [-0.39, 0.29) is 10.8 Å². The fraction of sp³-hybridized carbons (Fsp3) is 0.381. The lowest BCUT2D eigenvalue weighted by atomic mass is 10.1. The smallest absolute Gasteiger partial charge is 0.268 e. The molecule has 0 aromatic heterocycles. The number of anilines is 1. The Morgan fingerprint density at radius 3 is 2.38 bits per heavy atom. The fourth-order valence-electron chi connectivity index (χ4n) is 3.28. The third-order valence-corrected chi connectivity index (χ3v) is 6.79. The van der Waals surface area contributed by atoms with Gasteiger partial charge in [0.1, 0.15) is 11.5 Å². The molecule has 1 atom stereocenters. The van der Waals surface area contributed by atoms with Gasteiger partial charge in [-0.05, 0) is 60.9 Å². The highest BCUT2D eigenvalue weighted by Crippen LogP contribution is 2.32. The summed E-state index contributed by atoms with van der Waals surface area (Å²) < 4.78 is 37.0. The summed E-state index contributed by atoms with van der Waals surface area (Å²) in [4.78, 5) is 15.0. The van der Waals surface area contributed by atoms with Gasteiger partial charge in [-0.3, -0.25) is 4.79 Å². The summed E-state index contributed by atoms with van der Waals surface area (Å²) in [7, 11) is 1.08. The SMILES string of the molecule is CCC(Oc1ccc(OC)cc1)C(=O)N1CCc2cc(S(=O)(=O)N(C)C)ccc21. The van der Waals surface area contributed by atoms with Crippen LogP contribution in [0.5, 0.6) is 11.5 Å². The molecule has 0 radical (unpaired) electrons. The van der Waals surface area contributed by atoms with Gasteiger partial charge in [-0.2, -0.15) is 0 Å². The van der Waals surface area contributed by atoms with Crippen LogP contribution >= 0.6 is 0 Å². The van der Waals surface area contributed by atoms with Gasteiger partial charge in [0.15, 0.2) is 6.10 Å². The zero-order chi connectivity index (χ0) is 21.2. The van der Waals surface area contributed by atoms with Crippen LogP contribution in [0.15, 0.2) is 47.4 Å². The highest BCUT2D eigenvalue weighted by molar-refractivity contribution is 7.89. The van der Waals surface area contributed by atoms with Crippen molar-refractivity contribution in [1.29, 1.82) is 0 Å². The largest absolute Gasteiger partial charge is 0.497 e. The number of carbonyl (C=O) groups excluding carboxylic acids is 1. The molecule has 0 fully saturated rings. The maximum absolute atomic E-state index is 13.1. The van der Waals surface area contributed by atoms with Crippen molar-refractivity contribution in [3.63, 3.8) is 0 Å². The average molecular weight is 419 g/mol. The summed E-state index contributed by atoms with van der Waals surface area (Å²) in [5, 5.41) is 0. The first-order valence-corrected chi connectivity index (χ1v) is 10.9. The molecule has 0 N–H and O–H groups in total. The number of amides is 1. The first kappa shape index (κ1) is 21.1. The number of carbonyl (C=O) groups is 1. The van der Waals surface area contributed by atoms with Gasteiger partial charge < -0.3 is 14.4 Å². The van der Waals surface area contributed by atoms with E-state index in [9.17, 15) is 13.2 Å². The topological polar surface area (TPSA) is 76.1 Å². The summed E-state index contributed by atoms with van der Waals surface area (Å²) >= 11 is 0. The van der Waals surface area contributed by atoms with Gasteiger partial charge in [-0.25, -0.2) is 12.7 Å². The van der Waals surface area contributed by atoms with Crippen LogP contribution in [0.1, 0.15) is 18.9 Å². The lowest BCUT2D eigenvalue weighted by Crippen LogP contribution is -2.41. The van der Waals surface area contributed by atoms with E-state index in [2.05, 4.69) is 0 Å². The van der Waals surface area contributed by atoms with Crippen molar-refractivity contribution in [2.45, 2.75) is 30.8 Å². The molecule has 2 aromatic carbocycles. The second-order valence-electron chi connectivity index (χ2n) is 7.01. The first-order valence-electron chi connectivity index (χ1n) is 9.45. The van der Waals surface area contributed by atoms with Gasteiger partial charge in [0.2, 0.25) is 10.0 Å². The second-order valence-corrected chi connectivity index (χ2v) is 9.16. The average Bonchev–Trinajstić information content (AvgIpc) is 3.15. The molecule has 0 aliphatic carbocycles. The monoisotopic (exact) mass is 418 g/mol. The Balaban J connectivity index is 1.80. The normalized spacial score (nSPS) is 14.6. The highest BCUT2D eigenvalue weighted by atomic mass is 32.2. The van der Waals surface area contributed by atoms with Crippen molar-refractivity contribution in [3.8, 4) is 11.5 Å². The van der Waals surface area contributed by atoms with E-state index in [4.69, 9.17) is 9.47 Å². The van der Waals surface area contributed by atoms with E-state index >= 15 is 0 Å². The summed E-state index contributed by atoms with van der Waals surface area (Å²) in [6.07, 6.45) is 0.500. The molecule has 1 heterocycles. The van der Waals surface area contributed by atoms with E-state index in [1.165, 1.54) is 18.4 Å². The van der Waals surface area contributed by atoms with Gasteiger partial charge in [0.25, 0.3) is 5.91 Å². The summed E-state index contributed by atoms with van der Waals surface area (Å²) in [6, 6.07) is 12.0. The number of fused-ring (bicyclic) bond motifs is 1. The molecular weight excluding hydrogens is 392 g/mol. The lowest BCUT2D eigenvalue weighted by Gasteiger charge is -2.24. The number of hydrogen-bond donors (Lipinski definition) is 0. The van der Waals surface area contributed by atoms with Crippen LogP contribution in [0.3, 0.4) is 0 Å². The molecule has 0 spiro atoms. The number of hydrogen-bond acceptors (Lipinski definition) is 5. The van der Waals surface area contributed by atoms with Crippen LogP contribution in [0.25, 0.3) is 0 Å². The Kier molecular flexibility index (Phi) is 6.14. The van der Waals surface area contributed by atoms with E-state index in [0.717, 1.165) is 11.3 Å². The minimum Gasteiger partial charge on any atom is -0.497 e. The second kappa shape index (κ2) is 8.42. The number of methoxy groups -OCH3 is 1. The third kappa shape index (κ3) is 4.23. The van der Waals surface area contributed by atoms with Crippen LogP contribution in [0.2, 0.25) is 0 Å². The van der Waals surface area contributed by atoms with Crippen molar-refractivity contribution in [3.05, 3.63) is 48.0 Å². The Labute approximate surface area is 171 Å². The number of nitrogens with zero attached hydrogens (tertiary/aromatic N) is 2. The van der Waals surface area contributed by atoms with Crippen molar-refractivity contribution in [2.24, 2.45) is 0 Å². The Hall–Kier alpha value is -2.58. The molecule has 156 valence electrons. The van der Waals surface area contributed by atoms with E-state index in [1.54, 1.807) is 54.5 Å². The molecule has 0 saturated carbocycles. The molecule has 7 nitrogen and oxygen atoms in total. The van der Waals surface area contributed by atoms with Gasteiger partial charge in [-0.1, -0.05) is 6.92 Å². The van der Waals surface area contributed by atoms with E-state index in [1.807, 2.05) is 6.92 Å².